The maximum absolute atomic E-state index is 13.4. The molecule has 1 heterocycles. The SMILES string of the molecule is COC(=O)Cc1[nH]c(C(c2ccccc2)c2ccccc2)nc1-c1ccc(F)cc1. The average Bonchev–Trinajstić information content (AvgIpc) is 3.19. The van der Waals surface area contributed by atoms with E-state index in [1.165, 1.54) is 19.2 Å². The van der Waals surface area contributed by atoms with E-state index in [1.54, 1.807) is 12.1 Å². The number of nitrogens with one attached hydrogen (secondary N) is 1. The molecule has 0 aliphatic heterocycles. The summed E-state index contributed by atoms with van der Waals surface area (Å²) < 4.78 is 18.3. The normalized spacial score (nSPS) is 10.9. The van der Waals surface area contributed by atoms with Gasteiger partial charge in [-0.2, -0.15) is 0 Å². The lowest BCUT2D eigenvalue weighted by molar-refractivity contribution is -0.139. The molecule has 4 nitrogen and oxygen atoms in total. The molecule has 0 aliphatic carbocycles. The van der Waals surface area contributed by atoms with Crippen LogP contribution in [0.4, 0.5) is 4.39 Å². The van der Waals surface area contributed by atoms with Gasteiger partial charge in [-0.05, 0) is 35.4 Å². The summed E-state index contributed by atoms with van der Waals surface area (Å²) in [5.74, 6) is -0.122. The number of aromatic amines is 1. The molecule has 5 heteroatoms. The van der Waals surface area contributed by atoms with E-state index in [9.17, 15) is 9.18 Å². The molecule has 1 aromatic heterocycles. The minimum absolute atomic E-state index is 0.0481. The highest BCUT2D eigenvalue weighted by Crippen LogP contribution is 2.33. The summed E-state index contributed by atoms with van der Waals surface area (Å²) in [6.45, 7) is 0. The summed E-state index contributed by atoms with van der Waals surface area (Å²) in [4.78, 5) is 20.2. The Hall–Kier alpha value is -3.73. The van der Waals surface area contributed by atoms with Crippen LogP contribution >= 0.6 is 0 Å². The van der Waals surface area contributed by atoms with E-state index in [2.05, 4.69) is 29.2 Å². The van der Waals surface area contributed by atoms with Crippen LogP contribution in [0.15, 0.2) is 84.9 Å². The van der Waals surface area contributed by atoms with Gasteiger partial charge >= 0.3 is 5.97 Å². The van der Waals surface area contributed by atoms with Crippen molar-refractivity contribution in [2.24, 2.45) is 0 Å². The monoisotopic (exact) mass is 400 g/mol. The lowest BCUT2D eigenvalue weighted by Gasteiger charge is -2.16. The Morgan fingerprint density at radius 3 is 2.03 bits per heavy atom. The van der Waals surface area contributed by atoms with E-state index < -0.39 is 0 Å². The molecule has 0 spiro atoms. The topological polar surface area (TPSA) is 55.0 Å². The Balaban J connectivity index is 1.86. The lowest BCUT2D eigenvalue weighted by atomic mass is 9.91. The zero-order chi connectivity index (χ0) is 20.9. The number of benzene rings is 3. The molecule has 0 aliphatic rings. The predicted molar refractivity (Wildman–Crippen MR) is 114 cm³/mol. The minimum Gasteiger partial charge on any atom is -0.469 e. The summed E-state index contributed by atoms with van der Waals surface area (Å²) in [7, 11) is 1.36. The van der Waals surface area contributed by atoms with Crippen molar-refractivity contribution in [3.63, 3.8) is 0 Å². The second kappa shape index (κ2) is 8.74. The molecule has 0 amide bonds. The Labute approximate surface area is 174 Å². The first-order valence-corrected chi connectivity index (χ1v) is 9.67. The smallest absolute Gasteiger partial charge is 0.311 e. The fourth-order valence-corrected chi connectivity index (χ4v) is 3.56. The number of aromatic nitrogens is 2. The molecule has 0 fully saturated rings. The molecule has 0 atom stereocenters. The molecule has 4 aromatic rings. The first kappa shape index (κ1) is 19.6. The number of methoxy groups -OCH3 is 1. The Bertz CT molecular complexity index is 1080. The molecular formula is C25H21FN2O2. The molecule has 1 N–H and O–H groups in total. The van der Waals surface area contributed by atoms with Gasteiger partial charge in [-0.1, -0.05) is 60.7 Å². The molecule has 150 valence electrons. The number of rotatable bonds is 6. The Morgan fingerprint density at radius 1 is 0.933 bits per heavy atom. The van der Waals surface area contributed by atoms with E-state index in [-0.39, 0.29) is 24.1 Å². The number of halogens is 1. The summed E-state index contributed by atoms with van der Waals surface area (Å²) >= 11 is 0. The molecule has 30 heavy (non-hydrogen) atoms. The standard InChI is InChI=1S/C25H21FN2O2/c1-30-22(29)16-21-24(19-12-14-20(26)15-13-19)28-25(27-21)23(17-8-4-2-5-9-17)18-10-6-3-7-11-18/h2-15,23H,16H2,1H3,(H,27,28). The number of esters is 1. The van der Waals surface area contributed by atoms with Gasteiger partial charge in [0.25, 0.3) is 0 Å². The molecule has 0 saturated heterocycles. The lowest BCUT2D eigenvalue weighted by Crippen LogP contribution is -2.07. The van der Waals surface area contributed by atoms with Gasteiger partial charge in [0, 0.05) is 5.56 Å². The first-order valence-electron chi connectivity index (χ1n) is 9.67. The number of imidazole rings is 1. The first-order chi connectivity index (χ1) is 14.7. The molecule has 0 bridgehead atoms. The zero-order valence-electron chi connectivity index (χ0n) is 16.5. The van der Waals surface area contributed by atoms with Crippen LogP contribution in [-0.2, 0) is 16.0 Å². The Kier molecular flexibility index (Phi) is 5.70. The second-order valence-electron chi connectivity index (χ2n) is 6.96. The number of hydrogen-bond acceptors (Lipinski definition) is 3. The van der Waals surface area contributed by atoms with Crippen LogP contribution in [0.2, 0.25) is 0 Å². The van der Waals surface area contributed by atoms with Crippen LogP contribution in [-0.4, -0.2) is 23.0 Å². The van der Waals surface area contributed by atoms with Crippen LogP contribution in [0.3, 0.4) is 0 Å². The highest BCUT2D eigenvalue weighted by molar-refractivity contribution is 5.75. The maximum atomic E-state index is 13.4. The summed E-state index contributed by atoms with van der Waals surface area (Å²) in [5.41, 5.74) is 4.14. The van der Waals surface area contributed by atoms with Gasteiger partial charge < -0.3 is 9.72 Å². The van der Waals surface area contributed by atoms with Crippen molar-refractivity contribution in [3.8, 4) is 11.3 Å². The molecule has 0 radical (unpaired) electrons. The van der Waals surface area contributed by atoms with Gasteiger partial charge in [-0.3, -0.25) is 4.79 Å². The van der Waals surface area contributed by atoms with Crippen molar-refractivity contribution in [2.45, 2.75) is 12.3 Å². The van der Waals surface area contributed by atoms with Crippen molar-refractivity contribution in [2.75, 3.05) is 7.11 Å². The van der Waals surface area contributed by atoms with Gasteiger partial charge in [0.05, 0.1) is 30.8 Å². The van der Waals surface area contributed by atoms with Crippen molar-refractivity contribution >= 4 is 5.97 Å². The number of carbonyl (C=O) groups is 1. The van der Waals surface area contributed by atoms with Crippen molar-refractivity contribution in [3.05, 3.63) is 113 Å². The van der Waals surface area contributed by atoms with E-state index in [0.717, 1.165) is 16.7 Å². The van der Waals surface area contributed by atoms with Crippen LogP contribution in [0.1, 0.15) is 28.6 Å². The van der Waals surface area contributed by atoms with E-state index in [1.807, 2.05) is 36.4 Å². The second-order valence-corrected chi connectivity index (χ2v) is 6.96. The maximum Gasteiger partial charge on any atom is 0.311 e. The summed E-state index contributed by atoms with van der Waals surface area (Å²) in [6, 6.07) is 26.2. The molecule has 4 rings (SSSR count). The number of hydrogen-bond donors (Lipinski definition) is 1. The summed E-state index contributed by atoms with van der Waals surface area (Å²) in [5, 5.41) is 0. The third kappa shape index (κ3) is 4.15. The number of nitrogens with zero attached hydrogens (tertiary/aromatic N) is 1. The fraction of sp³-hybridized carbons (Fsp3) is 0.120. The molecule has 3 aromatic carbocycles. The van der Waals surface area contributed by atoms with Gasteiger partial charge in [0.1, 0.15) is 11.6 Å². The third-order valence-electron chi connectivity index (χ3n) is 5.00. The van der Waals surface area contributed by atoms with Crippen LogP contribution in [0.25, 0.3) is 11.3 Å². The largest absolute Gasteiger partial charge is 0.469 e. The van der Waals surface area contributed by atoms with E-state index in [4.69, 9.17) is 9.72 Å². The third-order valence-corrected chi connectivity index (χ3v) is 5.00. The van der Waals surface area contributed by atoms with Crippen LogP contribution < -0.4 is 0 Å². The molecule has 0 saturated carbocycles. The van der Waals surface area contributed by atoms with Gasteiger partial charge in [0.2, 0.25) is 0 Å². The van der Waals surface area contributed by atoms with Gasteiger partial charge in [-0.25, -0.2) is 9.37 Å². The highest BCUT2D eigenvalue weighted by Gasteiger charge is 2.23. The molecular weight excluding hydrogens is 379 g/mol. The highest BCUT2D eigenvalue weighted by atomic mass is 19.1. The van der Waals surface area contributed by atoms with E-state index >= 15 is 0 Å². The van der Waals surface area contributed by atoms with E-state index in [0.29, 0.717) is 17.2 Å². The van der Waals surface area contributed by atoms with Crippen molar-refractivity contribution in [1.82, 2.24) is 9.97 Å². The molecule has 0 unspecified atom stereocenters. The van der Waals surface area contributed by atoms with Crippen molar-refractivity contribution in [1.29, 1.82) is 0 Å². The van der Waals surface area contributed by atoms with Crippen molar-refractivity contribution < 1.29 is 13.9 Å². The predicted octanol–water partition coefficient (Wildman–Crippen LogP) is 5.11. The fourth-order valence-electron chi connectivity index (χ4n) is 3.56. The quantitative estimate of drug-likeness (QED) is 0.458. The summed E-state index contributed by atoms with van der Waals surface area (Å²) in [6.07, 6.45) is 0.0481. The van der Waals surface area contributed by atoms with Crippen LogP contribution in [0.5, 0.6) is 0 Å². The Morgan fingerprint density at radius 2 is 1.50 bits per heavy atom. The number of H-pyrrole nitrogens is 1. The van der Waals surface area contributed by atoms with Gasteiger partial charge in [0.15, 0.2) is 0 Å². The minimum atomic E-state index is -0.371. The van der Waals surface area contributed by atoms with Crippen LogP contribution in [0, 0.1) is 5.82 Å². The number of ether oxygens (including phenoxy) is 1. The van der Waals surface area contributed by atoms with Gasteiger partial charge in [-0.15, -0.1) is 0 Å². The zero-order valence-corrected chi connectivity index (χ0v) is 16.5. The average molecular weight is 400 g/mol. The number of carbonyl (C=O) groups excluding carboxylic acids is 1.